The van der Waals surface area contributed by atoms with Gasteiger partial charge in [0.15, 0.2) is 0 Å². The molecular formula is C8H9F3N2O. The van der Waals surface area contributed by atoms with E-state index in [2.05, 4.69) is 5.32 Å². The van der Waals surface area contributed by atoms with Crippen LogP contribution >= 0.6 is 0 Å². The molecule has 78 valence electrons. The van der Waals surface area contributed by atoms with Gasteiger partial charge in [-0.05, 0) is 0 Å². The normalized spacial score (nSPS) is 11.5. The lowest BCUT2D eigenvalue weighted by Gasteiger charge is -2.05. The fraction of sp³-hybridized carbons (Fsp3) is 0.375. The van der Waals surface area contributed by atoms with Gasteiger partial charge < -0.3 is 9.88 Å². The van der Waals surface area contributed by atoms with Crippen molar-refractivity contribution in [1.29, 1.82) is 0 Å². The van der Waals surface area contributed by atoms with Crippen LogP contribution in [-0.2, 0) is 13.2 Å². The van der Waals surface area contributed by atoms with Crippen LogP contribution in [0.2, 0.25) is 0 Å². The molecule has 0 atom stereocenters. The Hall–Kier alpha value is -1.46. The first-order chi connectivity index (χ1) is 6.36. The fourth-order valence-corrected chi connectivity index (χ4v) is 1.13. The molecule has 0 spiro atoms. The molecule has 1 aromatic rings. The molecule has 1 aromatic heterocycles. The minimum absolute atomic E-state index is 0.359. The molecule has 1 heterocycles. The molecule has 1 N–H and O–H groups in total. The lowest BCUT2D eigenvalue weighted by atomic mass is 10.2. The number of halogens is 3. The van der Waals surface area contributed by atoms with Gasteiger partial charge in [-0.15, -0.1) is 0 Å². The number of hydrogen-bond donors (Lipinski definition) is 1. The maximum atomic E-state index is 12.4. The molecule has 0 saturated carbocycles. The van der Waals surface area contributed by atoms with Crippen molar-refractivity contribution in [2.75, 3.05) is 7.05 Å². The van der Waals surface area contributed by atoms with E-state index in [4.69, 9.17) is 0 Å². The number of hydrogen-bond acceptors (Lipinski definition) is 1. The van der Waals surface area contributed by atoms with Gasteiger partial charge in [0.05, 0.1) is 11.1 Å². The van der Waals surface area contributed by atoms with E-state index in [-0.39, 0.29) is 5.56 Å². The van der Waals surface area contributed by atoms with Crippen LogP contribution in [0.5, 0.6) is 0 Å². The summed E-state index contributed by atoms with van der Waals surface area (Å²) in [5.41, 5.74) is -1.28. The highest BCUT2D eigenvalue weighted by molar-refractivity contribution is 5.95. The van der Waals surface area contributed by atoms with Crippen molar-refractivity contribution < 1.29 is 18.0 Å². The zero-order chi connectivity index (χ0) is 10.9. The molecule has 3 nitrogen and oxygen atoms in total. The van der Waals surface area contributed by atoms with Gasteiger partial charge in [0, 0.05) is 26.5 Å². The van der Waals surface area contributed by atoms with Crippen molar-refractivity contribution in [3.05, 3.63) is 23.5 Å². The van der Waals surface area contributed by atoms with E-state index in [0.29, 0.717) is 0 Å². The molecule has 0 fully saturated rings. The summed E-state index contributed by atoms with van der Waals surface area (Å²) >= 11 is 0. The molecule has 0 saturated heterocycles. The zero-order valence-corrected chi connectivity index (χ0v) is 7.64. The van der Waals surface area contributed by atoms with E-state index in [9.17, 15) is 18.0 Å². The number of alkyl halides is 3. The van der Waals surface area contributed by atoms with Crippen LogP contribution in [0.1, 0.15) is 15.9 Å². The molecule has 0 aromatic carbocycles. The van der Waals surface area contributed by atoms with Crippen molar-refractivity contribution in [3.63, 3.8) is 0 Å². The number of carbonyl (C=O) groups is 1. The Morgan fingerprint density at radius 2 is 2.00 bits per heavy atom. The lowest BCUT2D eigenvalue weighted by Crippen LogP contribution is -2.21. The zero-order valence-electron chi connectivity index (χ0n) is 7.64. The molecule has 0 unspecified atom stereocenters. The van der Waals surface area contributed by atoms with Gasteiger partial charge >= 0.3 is 6.18 Å². The Kier molecular flexibility index (Phi) is 2.55. The maximum Gasteiger partial charge on any atom is 0.418 e. The number of nitrogens with one attached hydrogen (secondary N) is 1. The smallest absolute Gasteiger partial charge is 0.356 e. The van der Waals surface area contributed by atoms with Crippen molar-refractivity contribution >= 4 is 5.91 Å². The van der Waals surface area contributed by atoms with Gasteiger partial charge in [-0.2, -0.15) is 13.2 Å². The van der Waals surface area contributed by atoms with Gasteiger partial charge in [0.25, 0.3) is 5.91 Å². The minimum atomic E-state index is -4.50. The summed E-state index contributed by atoms with van der Waals surface area (Å²) < 4.78 is 38.3. The molecule has 1 amide bonds. The van der Waals surface area contributed by atoms with Gasteiger partial charge in [-0.1, -0.05) is 0 Å². The quantitative estimate of drug-likeness (QED) is 0.740. The van der Waals surface area contributed by atoms with Crippen LogP contribution in [0.15, 0.2) is 12.4 Å². The number of amides is 1. The van der Waals surface area contributed by atoms with Crippen molar-refractivity contribution in [3.8, 4) is 0 Å². The van der Waals surface area contributed by atoms with Crippen molar-refractivity contribution in [1.82, 2.24) is 9.88 Å². The first-order valence-corrected chi connectivity index (χ1v) is 3.81. The topological polar surface area (TPSA) is 34.0 Å². The second-order valence-electron chi connectivity index (χ2n) is 2.83. The van der Waals surface area contributed by atoms with E-state index in [1.165, 1.54) is 18.7 Å². The minimum Gasteiger partial charge on any atom is -0.356 e. The molecule has 0 aliphatic rings. The van der Waals surface area contributed by atoms with E-state index in [0.717, 1.165) is 12.4 Å². The van der Waals surface area contributed by atoms with Gasteiger partial charge in [-0.25, -0.2) is 0 Å². The fourth-order valence-electron chi connectivity index (χ4n) is 1.13. The standard InChI is InChI=1S/C8H9F3N2O/c1-12-7(14)5-3-13(2)4-6(5)8(9,10)11/h3-4H,1-2H3,(H,12,14). The average Bonchev–Trinajstić information content (AvgIpc) is 2.45. The molecule has 0 aliphatic carbocycles. The number of carbonyl (C=O) groups excluding carboxylic acids is 1. The molecular weight excluding hydrogens is 197 g/mol. The molecule has 1 rings (SSSR count). The Morgan fingerprint density at radius 1 is 1.43 bits per heavy atom. The predicted octanol–water partition coefficient (Wildman–Crippen LogP) is 1.40. The second-order valence-corrected chi connectivity index (χ2v) is 2.83. The number of nitrogens with zero attached hydrogens (tertiary/aromatic N) is 1. The predicted molar refractivity (Wildman–Crippen MR) is 43.8 cm³/mol. The van der Waals surface area contributed by atoms with E-state index in [1.807, 2.05) is 0 Å². The van der Waals surface area contributed by atoms with Gasteiger partial charge in [0.2, 0.25) is 0 Å². The second kappa shape index (κ2) is 3.36. The van der Waals surface area contributed by atoms with Crippen LogP contribution < -0.4 is 5.32 Å². The third-order valence-corrected chi connectivity index (χ3v) is 1.73. The third-order valence-electron chi connectivity index (χ3n) is 1.73. The SMILES string of the molecule is CNC(=O)c1cn(C)cc1C(F)(F)F. The van der Waals surface area contributed by atoms with Gasteiger partial charge in [0.1, 0.15) is 0 Å². The summed E-state index contributed by atoms with van der Waals surface area (Å²) in [4.78, 5) is 11.1. The summed E-state index contributed by atoms with van der Waals surface area (Å²) in [7, 11) is 2.72. The third kappa shape index (κ3) is 1.89. The lowest BCUT2D eigenvalue weighted by molar-refractivity contribution is -0.137. The molecule has 14 heavy (non-hydrogen) atoms. The van der Waals surface area contributed by atoms with Crippen LogP contribution in [0.25, 0.3) is 0 Å². The number of rotatable bonds is 1. The molecule has 0 bridgehead atoms. The highest BCUT2D eigenvalue weighted by atomic mass is 19.4. The Labute approximate surface area is 78.5 Å². The van der Waals surface area contributed by atoms with Crippen LogP contribution in [0.3, 0.4) is 0 Å². The van der Waals surface area contributed by atoms with Crippen molar-refractivity contribution in [2.24, 2.45) is 7.05 Å². The van der Waals surface area contributed by atoms with Crippen LogP contribution in [-0.4, -0.2) is 17.5 Å². The first-order valence-electron chi connectivity index (χ1n) is 3.81. The largest absolute Gasteiger partial charge is 0.418 e. The maximum absolute atomic E-state index is 12.4. The molecule has 6 heteroatoms. The summed E-state index contributed by atoms with van der Waals surface area (Å²) in [6, 6.07) is 0. The number of aryl methyl sites for hydroxylation is 1. The Balaban J connectivity index is 3.23. The van der Waals surface area contributed by atoms with Crippen LogP contribution in [0, 0.1) is 0 Å². The van der Waals surface area contributed by atoms with E-state index in [1.54, 1.807) is 0 Å². The molecule has 0 aliphatic heterocycles. The summed E-state index contributed by atoms with van der Waals surface area (Å²) in [6.45, 7) is 0. The Morgan fingerprint density at radius 3 is 2.43 bits per heavy atom. The highest BCUT2D eigenvalue weighted by Crippen LogP contribution is 2.32. The van der Waals surface area contributed by atoms with E-state index < -0.39 is 17.6 Å². The number of aromatic nitrogens is 1. The molecule has 0 radical (unpaired) electrons. The van der Waals surface area contributed by atoms with Crippen LogP contribution in [0.4, 0.5) is 13.2 Å². The first kappa shape index (κ1) is 10.6. The highest BCUT2D eigenvalue weighted by Gasteiger charge is 2.36. The van der Waals surface area contributed by atoms with Gasteiger partial charge in [-0.3, -0.25) is 4.79 Å². The Bertz CT molecular complexity index is 354. The summed E-state index contributed by atoms with van der Waals surface area (Å²) in [6.07, 6.45) is -2.48. The average molecular weight is 206 g/mol. The van der Waals surface area contributed by atoms with E-state index >= 15 is 0 Å². The monoisotopic (exact) mass is 206 g/mol. The summed E-state index contributed by atoms with van der Waals surface area (Å²) in [5, 5.41) is 2.15. The summed E-state index contributed by atoms with van der Waals surface area (Å²) in [5.74, 6) is -0.738. The van der Waals surface area contributed by atoms with Crippen molar-refractivity contribution in [2.45, 2.75) is 6.18 Å².